The molecule has 1 aromatic carbocycles. The lowest BCUT2D eigenvalue weighted by Crippen LogP contribution is -2.14. The second-order valence-corrected chi connectivity index (χ2v) is 3.97. The third-order valence-corrected chi connectivity index (χ3v) is 2.55. The molecule has 0 radical (unpaired) electrons. The summed E-state index contributed by atoms with van der Waals surface area (Å²) in [6, 6.07) is 4.94. The zero-order valence-corrected chi connectivity index (χ0v) is 9.90. The van der Waals surface area contributed by atoms with Gasteiger partial charge in [0.25, 0.3) is 5.91 Å². The first kappa shape index (κ1) is 11.5. The standard InChI is InChI=1S/C11H11ClN4O/c1-16-6-7(5-14-16)15-11(17)10-8(12)3-2-4-9(10)13/h2-6H,13H2,1H3,(H,15,17). The van der Waals surface area contributed by atoms with Gasteiger partial charge in [0.15, 0.2) is 0 Å². The SMILES string of the molecule is Cn1cc(NC(=O)c2c(N)cccc2Cl)cn1. The maximum Gasteiger partial charge on any atom is 0.259 e. The number of hydrogen-bond acceptors (Lipinski definition) is 3. The molecular weight excluding hydrogens is 240 g/mol. The molecule has 0 spiro atoms. The summed E-state index contributed by atoms with van der Waals surface area (Å²) in [5, 5.41) is 6.95. The monoisotopic (exact) mass is 250 g/mol. The maximum absolute atomic E-state index is 12.0. The molecule has 0 saturated heterocycles. The predicted molar refractivity (Wildman–Crippen MR) is 67.0 cm³/mol. The first-order valence-electron chi connectivity index (χ1n) is 4.92. The first-order chi connectivity index (χ1) is 8.08. The van der Waals surface area contributed by atoms with Crippen LogP contribution in [0.25, 0.3) is 0 Å². The van der Waals surface area contributed by atoms with Crippen molar-refractivity contribution in [3.63, 3.8) is 0 Å². The summed E-state index contributed by atoms with van der Waals surface area (Å²) in [5.41, 5.74) is 6.93. The highest BCUT2D eigenvalue weighted by Gasteiger charge is 2.14. The van der Waals surface area contributed by atoms with Gasteiger partial charge in [0, 0.05) is 18.9 Å². The van der Waals surface area contributed by atoms with E-state index in [1.54, 1.807) is 42.3 Å². The second-order valence-electron chi connectivity index (χ2n) is 3.56. The van der Waals surface area contributed by atoms with Crippen LogP contribution in [0.3, 0.4) is 0 Å². The number of anilines is 2. The van der Waals surface area contributed by atoms with Crippen LogP contribution < -0.4 is 11.1 Å². The van der Waals surface area contributed by atoms with Crippen molar-refractivity contribution in [1.82, 2.24) is 9.78 Å². The van der Waals surface area contributed by atoms with E-state index < -0.39 is 0 Å². The van der Waals surface area contributed by atoms with Crippen molar-refractivity contribution in [2.24, 2.45) is 7.05 Å². The summed E-state index contributed by atoms with van der Waals surface area (Å²) in [5.74, 6) is -0.346. The Kier molecular flexibility index (Phi) is 3.01. The third kappa shape index (κ3) is 2.39. The Morgan fingerprint density at radius 1 is 1.53 bits per heavy atom. The molecule has 0 saturated carbocycles. The number of amides is 1. The van der Waals surface area contributed by atoms with Gasteiger partial charge in [0.05, 0.1) is 22.5 Å². The summed E-state index contributed by atoms with van der Waals surface area (Å²) in [6.45, 7) is 0. The molecular formula is C11H11ClN4O. The van der Waals surface area contributed by atoms with Crippen LogP contribution in [0.1, 0.15) is 10.4 Å². The number of nitrogens with one attached hydrogen (secondary N) is 1. The van der Waals surface area contributed by atoms with Crippen molar-refractivity contribution in [2.75, 3.05) is 11.1 Å². The van der Waals surface area contributed by atoms with Crippen LogP contribution in [0.2, 0.25) is 5.02 Å². The summed E-state index contributed by atoms with van der Waals surface area (Å²) < 4.78 is 1.59. The Hall–Kier alpha value is -2.01. The minimum Gasteiger partial charge on any atom is -0.398 e. The third-order valence-electron chi connectivity index (χ3n) is 2.24. The van der Waals surface area contributed by atoms with E-state index in [9.17, 15) is 4.79 Å². The van der Waals surface area contributed by atoms with E-state index in [-0.39, 0.29) is 11.5 Å². The molecule has 6 heteroatoms. The van der Waals surface area contributed by atoms with Gasteiger partial charge >= 0.3 is 0 Å². The molecule has 17 heavy (non-hydrogen) atoms. The molecule has 0 aliphatic heterocycles. The number of rotatable bonds is 2. The largest absolute Gasteiger partial charge is 0.398 e. The molecule has 0 unspecified atom stereocenters. The van der Waals surface area contributed by atoms with Crippen molar-refractivity contribution in [3.05, 3.63) is 41.2 Å². The van der Waals surface area contributed by atoms with Crippen LogP contribution in [0.5, 0.6) is 0 Å². The average molecular weight is 251 g/mol. The van der Waals surface area contributed by atoms with Crippen LogP contribution in [-0.4, -0.2) is 15.7 Å². The molecule has 1 heterocycles. The highest BCUT2D eigenvalue weighted by molar-refractivity contribution is 6.35. The van der Waals surface area contributed by atoms with Crippen LogP contribution >= 0.6 is 11.6 Å². The van der Waals surface area contributed by atoms with Gasteiger partial charge in [0.1, 0.15) is 0 Å². The fourth-order valence-electron chi connectivity index (χ4n) is 1.46. The Morgan fingerprint density at radius 2 is 2.29 bits per heavy atom. The molecule has 0 bridgehead atoms. The average Bonchev–Trinajstić information content (AvgIpc) is 2.63. The Balaban J connectivity index is 2.26. The van der Waals surface area contributed by atoms with E-state index in [0.717, 1.165) is 0 Å². The predicted octanol–water partition coefficient (Wildman–Crippen LogP) is 1.91. The van der Waals surface area contributed by atoms with Gasteiger partial charge in [-0.15, -0.1) is 0 Å². The Morgan fingerprint density at radius 3 is 2.88 bits per heavy atom. The van der Waals surface area contributed by atoms with Gasteiger partial charge in [-0.1, -0.05) is 17.7 Å². The zero-order valence-electron chi connectivity index (χ0n) is 9.14. The second kappa shape index (κ2) is 4.47. The van der Waals surface area contributed by atoms with Crippen molar-refractivity contribution < 1.29 is 4.79 Å². The van der Waals surface area contributed by atoms with Crippen molar-refractivity contribution in [1.29, 1.82) is 0 Å². The number of hydrogen-bond donors (Lipinski definition) is 2. The topological polar surface area (TPSA) is 72.9 Å². The molecule has 0 fully saturated rings. The van der Waals surface area contributed by atoms with Gasteiger partial charge in [-0.05, 0) is 12.1 Å². The quantitative estimate of drug-likeness (QED) is 0.800. The lowest BCUT2D eigenvalue weighted by molar-refractivity contribution is 0.102. The highest BCUT2D eigenvalue weighted by atomic mass is 35.5. The summed E-state index contributed by atoms with van der Waals surface area (Å²) in [4.78, 5) is 12.0. The van der Waals surface area contributed by atoms with Crippen LogP contribution in [0, 0.1) is 0 Å². The van der Waals surface area contributed by atoms with Gasteiger partial charge in [-0.2, -0.15) is 5.10 Å². The number of carbonyl (C=O) groups excluding carboxylic acids is 1. The van der Waals surface area contributed by atoms with E-state index in [0.29, 0.717) is 16.4 Å². The first-order valence-corrected chi connectivity index (χ1v) is 5.29. The highest BCUT2D eigenvalue weighted by Crippen LogP contribution is 2.22. The van der Waals surface area contributed by atoms with Crippen LogP contribution in [0.4, 0.5) is 11.4 Å². The molecule has 2 aromatic rings. The van der Waals surface area contributed by atoms with Gasteiger partial charge in [-0.3, -0.25) is 9.48 Å². The minimum atomic E-state index is -0.346. The summed E-state index contributed by atoms with van der Waals surface area (Å²) in [7, 11) is 1.76. The van der Waals surface area contributed by atoms with Gasteiger partial charge in [-0.25, -0.2) is 0 Å². The number of benzene rings is 1. The minimum absolute atomic E-state index is 0.276. The number of aryl methyl sites for hydroxylation is 1. The van der Waals surface area contributed by atoms with Crippen LogP contribution in [-0.2, 0) is 7.05 Å². The zero-order chi connectivity index (χ0) is 12.4. The Labute approximate surface area is 103 Å². The molecule has 5 nitrogen and oxygen atoms in total. The van der Waals surface area contributed by atoms with E-state index in [2.05, 4.69) is 10.4 Å². The van der Waals surface area contributed by atoms with Gasteiger partial charge < -0.3 is 11.1 Å². The van der Waals surface area contributed by atoms with Crippen molar-refractivity contribution in [2.45, 2.75) is 0 Å². The molecule has 88 valence electrons. The molecule has 1 aromatic heterocycles. The number of nitrogens with zero attached hydrogens (tertiary/aromatic N) is 2. The van der Waals surface area contributed by atoms with E-state index in [1.807, 2.05) is 0 Å². The lowest BCUT2D eigenvalue weighted by Gasteiger charge is -2.07. The number of nitrogens with two attached hydrogens (primary N) is 1. The molecule has 3 N–H and O–H groups in total. The van der Waals surface area contributed by atoms with Gasteiger partial charge in [0.2, 0.25) is 0 Å². The summed E-state index contributed by atoms with van der Waals surface area (Å²) in [6.07, 6.45) is 3.23. The normalized spacial score (nSPS) is 10.2. The smallest absolute Gasteiger partial charge is 0.259 e. The number of aromatic nitrogens is 2. The van der Waals surface area contributed by atoms with E-state index in [1.165, 1.54) is 0 Å². The Bertz CT molecular complexity index is 544. The summed E-state index contributed by atoms with van der Waals surface area (Å²) >= 11 is 5.93. The van der Waals surface area contributed by atoms with E-state index in [4.69, 9.17) is 17.3 Å². The molecule has 1 amide bonds. The fourth-order valence-corrected chi connectivity index (χ4v) is 1.73. The number of nitrogen functional groups attached to an aromatic ring is 1. The van der Waals surface area contributed by atoms with Crippen molar-refractivity contribution in [3.8, 4) is 0 Å². The molecule has 0 atom stereocenters. The number of halogens is 1. The molecule has 0 aliphatic carbocycles. The van der Waals surface area contributed by atoms with Crippen molar-refractivity contribution >= 4 is 28.9 Å². The van der Waals surface area contributed by atoms with Crippen LogP contribution in [0.15, 0.2) is 30.6 Å². The van der Waals surface area contributed by atoms with E-state index >= 15 is 0 Å². The number of carbonyl (C=O) groups is 1. The molecule has 2 rings (SSSR count). The molecule has 0 aliphatic rings. The lowest BCUT2D eigenvalue weighted by atomic mass is 10.1. The maximum atomic E-state index is 12.0. The fraction of sp³-hybridized carbons (Fsp3) is 0.0909.